The molecule has 1 aliphatic rings. The fourth-order valence-electron chi connectivity index (χ4n) is 2.52. The number of halogens is 2. The molecule has 1 N–H and O–H groups in total. The standard InChI is InChI=1S/C18H13Cl2NO3/c19-12-5-11(6-13(20)7-12)16-4-2-15(24-16)9-21-14-1-3-17-18(8-14)23-10-22-17/h1-8,21H,9-10H2. The Morgan fingerprint density at radius 1 is 0.875 bits per heavy atom. The van der Waals surface area contributed by atoms with Gasteiger partial charge in [-0.15, -0.1) is 0 Å². The molecule has 1 aromatic heterocycles. The molecule has 0 spiro atoms. The molecule has 0 bridgehead atoms. The predicted octanol–water partition coefficient (Wildman–Crippen LogP) is 5.59. The van der Waals surface area contributed by atoms with Gasteiger partial charge in [0.2, 0.25) is 6.79 Å². The minimum absolute atomic E-state index is 0.266. The van der Waals surface area contributed by atoms with Crippen LogP contribution in [0.5, 0.6) is 11.5 Å². The molecule has 0 unspecified atom stereocenters. The maximum atomic E-state index is 6.03. The molecular weight excluding hydrogens is 349 g/mol. The minimum Gasteiger partial charge on any atom is -0.459 e. The van der Waals surface area contributed by atoms with Crippen LogP contribution in [0.25, 0.3) is 11.3 Å². The lowest BCUT2D eigenvalue weighted by Gasteiger charge is -2.05. The topological polar surface area (TPSA) is 43.6 Å². The Labute approximate surface area is 148 Å². The molecule has 1 aliphatic heterocycles. The minimum atomic E-state index is 0.266. The highest BCUT2D eigenvalue weighted by Gasteiger charge is 2.13. The Balaban J connectivity index is 1.47. The molecule has 0 saturated heterocycles. The molecule has 24 heavy (non-hydrogen) atoms. The van der Waals surface area contributed by atoms with Crippen molar-refractivity contribution in [1.82, 2.24) is 0 Å². The molecule has 3 aromatic rings. The number of ether oxygens (including phenoxy) is 2. The zero-order chi connectivity index (χ0) is 16.5. The van der Waals surface area contributed by atoms with E-state index in [1.54, 1.807) is 6.07 Å². The second-order valence-electron chi connectivity index (χ2n) is 5.35. The molecule has 4 nitrogen and oxygen atoms in total. The summed E-state index contributed by atoms with van der Waals surface area (Å²) in [6, 6.07) is 14.9. The van der Waals surface area contributed by atoms with Crippen molar-refractivity contribution < 1.29 is 13.9 Å². The molecular formula is C18H13Cl2NO3. The van der Waals surface area contributed by atoms with Crippen molar-refractivity contribution in [1.29, 1.82) is 0 Å². The van der Waals surface area contributed by atoms with Gasteiger partial charge in [0, 0.05) is 27.4 Å². The summed E-state index contributed by atoms with van der Waals surface area (Å²) in [4.78, 5) is 0. The van der Waals surface area contributed by atoms with Crippen LogP contribution in [0.4, 0.5) is 5.69 Å². The van der Waals surface area contributed by atoms with Crippen LogP contribution in [0.2, 0.25) is 10.0 Å². The van der Waals surface area contributed by atoms with E-state index in [1.807, 2.05) is 42.5 Å². The third kappa shape index (κ3) is 3.16. The van der Waals surface area contributed by atoms with Crippen LogP contribution in [-0.2, 0) is 6.54 Å². The van der Waals surface area contributed by atoms with Crippen LogP contribution in [-0.4, -0.2) is 6.79 Å². The third-order valence-corrected chi connectivity index (χ3v) is 4.08. The van der Waals surface area contributed by atoms with E-state index in [1.165, 1.54) is 0 Å². The Hall–Kier alpha value is -2.30. The monoisotopic (exact) mass is 361 g/mol. The number of benzene rings is 2. The Morgan fingerprint density at radius 2 is 1.67 bits per heavy atom. The number of hydrogen-bond acceptors (Lipinski definition) is 4. The van der Waals surface area contributed by atoms with Gasteiger partial charge in [0.15, 0.2) is 11.5 Å². The summed E-state index contributed by atoms with van der Waals surface area (Å²) in [6.07, 6.45) is 0. The van der Waals surface area contributed by atoms with Gasteiger partial charge in [0.1, 0.15) is 11.5 Å². The zero-order valence-corrected chi connectivity index (χ0v) is 14.0. The number of rotatable bonds is 4. The molecule has 4 rings (SSSR count). The number of furan rings is 1. The number of anilines is 1. The summed E-state index contributed by atoms with van der Waals surface area (Å²) in [6.45, 7) is 0.816. The van der Waals surface area contributed by atoms with E-state index in [9.17, 15) is 0 Å². The molecule has 0 radical (unpaired) electrons. The average molecular weight is 362 g/mol. The molecule has 6 heteroatoms. The van der Waals surface area contributed by atoms with Gasteiger partial charge in [0.25, 0.3) is 0 Å². The van der Waals surface area contributed by atoms with Crippen molar-refractivity contribution in [3.05, 3.63) is 64.3 Å². The van der Waals surface area contributed by atoms with Crippen LogP contribution in [0, 0.1) is 0 Å². The first-order valence-electron chi connectivity index (χ1n) is 7.36. The Morgan fingerprint density at radius 3 is 2.50 bits per heavy atom. The molecule has 0 fully saturated rings. The van der Waals surface area contributed by atoms with Crippen LogP contribution in [0.15, 0.2) is 52.9 Å². The smallest absolute Gasteiger partial charge is 0.231 e. The maximum absolute atomic E-state index is 6.03. The first-order chi connectivity index (χ1) is 11.7. The fourth-order valence-corrected chi connectivity index (χ4v) is 3.05. The Bertz CT molecular complexity index is 871. The first kappa shape index (κ1) is 15.2. The average Bonchev–Trinajstić information content (AvgIpc) is 3.20. The Kier molecular flexibility index (Phi) is 4.00. The second kappa shape index (κ2) is 6.30. The van der Waals surface area contributed by atoms with Gasteiger partial charge in [0.05, 0.1) is 6.54 Å². The molecule has 0 amide bonds. The quantitative estimate of drug-likeness (QED) is 0.657. The summed E-state index contributed by atoms with van der Waals surface area (Å²) in [7, 11) is 0. The van der Waals surface area contributed by atoms with Gasteiger partial charge < -0.3 is 19.2 Å². The lowest BCUT2D eigenvalue weighted by Crippen LogP contribution is -1.97. The predicted molar refractivity (Wildman–Crippen MR) is 94.1 cm³/mol. The van der Waals surface area contributed by atoms with E-state index < -0.39 is 0 Å². The summed E-state index contributed by atoms with van der Waals surface area (Å²) in [5, 5.41) is 4.45. The van der Waals surface area contributed by atoms with Gasteiger partial charge in [-0.2, -0.15) is 0 Å². The van der Waals surface area contributed by atoms with E-state index in [2.05, 4.69) is 5.32 Å². The van der Waals surface area contributed by atoms with E-state index in [0.29, 0.717) is 16.6 Å². The van der Waals surface area contributed by atoms with E-state index in [0.717, 1.165) is 34.3 Å². The number of nitrogens with one attached hydrogen (secondary N) is 1. The molecule has 122 valence electrons. The molecule has 2 heterocycles. The van der Waals surface area contributed by atoms with E-state index >= 15 is 0 Å². The van der Waals surface area contributed by atoms with Gasteiger partial charge in [-0.25, -0.2) is 0 Å². The number of fused-ring (bicyclic) bond motifs is 1. The zero-order valence-electron chi connectivity index (χ0n) is 12.5. The number of hydrogen-bond donors (Lipinski definition) is 1. The summed E-state index contributed by atoms with van der Waals surface area (Å²) < 4.78 is 16.5. The van der Waals surface area contributed by atoms with Gasteiger partial charge >= 0.3 is 0 Å². The SMILES string of the molecule is Clc1cc(Cl)cc(-c2ccc(CNc3ccc4c(c3)OCO4)o2)c1. The highest BCUT2D eigenvalue weighted by molar-refractivity contribution is 6.35. The van der Waals surface area contributed by atoms with Gasteiger partial charge in [-0.1, -0.05) is 23.2 Å². The fraction of sp³-hybridized carbons (Fsp3) is 0.111. The normalized spacial score (nSPS) is 12.4. The lowest BCUT2D eigenvalue weighted by atomic mass is 10.2. The van der Waals surface area contributed by atoms with Crippen molar-refractivity contribution in [2.45, 2.75) is 6.54 Å². The van der Waals surface area contributed by atoms with Crippen molar-refractivity contribution >= 4 is 28.9 Å². The highest BCUT2D eigenvalue weighted by atomic mass is 35.5. The highest BCUT2D eigenvalue weighted by Crippen LogP contribution is 2.34. The van der Waals surface area contributed by atoms with Crippen molar-refractivity contribution in [2.24, 2.45) is 0 Å². The molecule has 0 atom stereocenters. The summed E-state index contributed by atoms with van der Waals surface area (Å²) in [5.41, 5.74) is 1.78. The van der Waals surface area contributed by atoms with E-state index in [4.69, 9.17) is 37.1 Å². The summed E-state index contributed by atoms with van der Waals surface area (Å²) >= 11 is 12.1. The van der Waals surface area contributed by atoms with Crippen LogP contribution in [0.3, 0.4) is 0 Å². The summed E-state index contributed by atoms with van der Waals surface area (Å²) in [5.74, 6) is 3.04. The van der Waals surface area contributed by atoms with Crippen LogP contribution >= 0.6 is 23.2 Å². The maximum Gasteiger partial charge on any atom is 0.231 e. The van der Waals surface area contributed by atoms with Crippen molar-refractivity contribution in [2.75, 3.05) is 12.1 Å². The first-order valence-corrected chi connectivity index (χ1v) is 8.12. The largest absolute Gasteiger partial charge is 0.459 e. The second-order valence-corrected chi connectivity index (χ2v) is 6.22. The van der Waals surface area contributed by atoms with E-state index in [-0.39, 0.29) is 6.79 Å². The molecule has 0 aliphatic carbocycles. The van der Waals surface area contributed by atoms with Gasteiger partial charge in [-0.3, -0.25) is 0 Å². The van der Waals surface area contributed by atoms with Crippen LogP contribution in [0.1, 0.15) is 5.76 Å². The third-order valence-electron chi connectivity index (χ3n) is 3.65. The van der Waals surface area contributed by atoms with Gasteiger partial charge in [-0.05, 0) is 42.5 Å². The molecule has 2 aromatic carbocycles. The van der Waals surface area contributed by atoms with Crippen molar-refractivity contribution in [3.63, 3.8) is 0 Å². The van der Waals surface area contributed by atoms with Crippen molar-refractivity contribution in [3.8, 4) is 22.8 Å². The molecule has 0 saturated carbocycles. The van der Waals surface area contributed by atoms with Crippen LogP contribution < -0.4 is 14.8 Å². The lowest BCUT2D eigenvalue weighted by molar-refractivity contribution is 0.174.